The van der Waals surface area contributed by atoms with Crippen molar-refractivity contribution in [3.63, 3.8) is 0 Å². The van der Waals surface area contributed by atoms with Crippen molar-refractivity contribution in [1.29, 1.82) is 5.26 Å². The Labute approximate surface area is 124 Å². The summed E-state index contributed by atoms with van der Waals surface area (Å²) in [5.41, 5.74) is 0.972. The third-order valence-corrected chi connectivity index (χ3v) is 4.32. The Balaban J connectivity index is 2.91. The number of benzene rings is 1. The van der Waals surface area contributed by atoms with Crippen LogP contribution in [0.2, 0.25) is 0 Å². The first-order valence-electron chi connectivity index (χ1n) is 6.17. The van der Waals surface area contributed by atoms with Crippen LogP contribution in [0, 0.1) is 30.6 Å². The molecule has 1 aromatic carbocycles. The maximum Gasteiger partial charge on any atom is 0.261 e. The highest BCUT2D eigenvalue weighted by atomic mass is 35.7. The lowest BCUT2D eigenvalue weighted by Crippen LogP contribution is -2.14. The number of rotatable bonds is 5. The summed E-state index contributed by atoms with van der Waals surface area (Å²) in [6.07, 6.45) is 0.595. The number of hydrogen-bond donors (Lipinski definition) is 0. The van der Waals surface area contributed by atoms with E-state index in [1.807, 2.05) is 13.8 Å². The van der Waals surface area contributed by atoms with Gasteiger partial charge in [-0.05, 0) is 57.4 Å². The van der Waals surface area contributed by atoms with Gasteiger partial charge >= 0.3 is 0 Å². The molecule has 0 unspecified atom stereocenters. The van der Waals surface area contributed by atoms with Crippen LogP contribution in [0.3, 0.4) is 0 Å². The van der Waals surface area contributed by atoms with Gasteiger partial charge in [-0.1, -0.05) is 0 Å². The molecule has 0 bridgehead atoms. The van der Waals surface area contributed by atoms with Crippen LogP contribution < -0.4 is 4.74 Å². The van der Waals surface area contributed by atoms with E-state index < -0.39 is 14.5 Å². The Kier molecular flexibility index (Phi) is 5.06. The van der Waals surface area contributed by atoms with Gasteiger partial charge in [0.2, 0.25) is 0 Å². The van der Waals surface area contributed by atoms with Crippen molar-refractivity contribution in [1.82, 2.24) is 0 Å². The van der Waals surface area contributed by atoms with Crippen LogP contribution in [0.15, 0.2) is 17.0 Å². The molecule has 1 aromatic rings. The normalized spacial score (nSPS) is 12.0. The molecule has 0 radical (unpaired) electrons. The summed E-state index contributed by atoms with van der Waals surface area (Å²) in [5, 5.41) is 8.94. The molecule has 0 fully saturated rings. The summed E-state index contributed by atoms with van der Waals surface area (Å²) in [5.74, 6) is 0.641. The quantitative estimate of drug-likeness (QED) is 0.779. The largest absolute Gasteiger partial charge is 0.493 e. The fourth-order valence-electron chi connectivity index (χ4n) is 1.74. The number of ether oxygens (including phenoxy) is 1. The van der Waals surface area contributed by atoms with Crippen LogP contribution in [-0.2, 0) is 9.05 Å². The van der Waals surface area contributed by atoms with E-state index in [0.29, 0.717) is 29.9 Å². The standard InChI is InChI=1S/C14H18ClNO3S/c1-10-7-12(20(15,17)18)8-11(2)13(10)19-6-5-14(3,4)9-16/h7-8H,5-6H2,1-4H3. The zero-order chi connectivity index (χ0) is 15.6. The lowest BCUT2D eigenvalue weighted by Gasteiger charge is -2.17. The smallest absolute Gasteiger partial charge is 0.261 e. The third kappa shape index (κ3) is 4.39. The van der Waals surface area contributed by atoms with Crippen molar-refractivity contribution in [3.05, 3.63) is 23.3 Å². The van der Waals surface area contributed by atoms with Gasteiger partial charge in [-0.2, -0.15) is 5.26 Å². The first-order chi connectivity index (χ1) is 9.07. The van der Waals surface area contributed by atoms with Gasteiger partial charge in [0.05, 0.1) is 23.0 Å². The summed E-state index contributed by atoms with van der Waals surface area (Å²) in [6.45, 7) is 7.63. The van der Waals surface area contributed by atoms with Gasteiger partial charge in [-0.15, -0.1) is 0 Å². The second kappa shape index (κ2) is 6.02. The van der Waals surface area contributed by atoms with E-state index in [-0.39, 0.29) is 4.90 Å². The second-order valence-electron chi connectivity index (χ2n) is 5.42. The van der Waals surface area contributed by atoms with Crippen LogP contribution in [0.5, 0.6) is 5.75 Å². The maximum atomic E-state index is 11.3. The van der Waals surface area contributed by atoms with Gasteiger partial charge in [0.1, 0.15) is 5.75 Å². The lowest BCUT2D eigenvalue weighted by atomic mass is 9.92. The fourth-order valence-corrected chi connectivity index (χ4v) is 2.65. The van der Waals surface area contributed by atoms with Crippen molar-refractivity contribution in [3.8, 4) is 11.8 Å². The number of halogens is 1. The molecule has 0 saturated heterocycles. The van der Waals surface area contributed by atoms with E-state index in [4.69, 9.17) is 20.7 Å². The zero-order valence-electron chi connectivity index (χ0n) is 12.0. The van der Waals surface area contributed by atoms with E-state index in [2.05, 4.69) is 6.07 Å². The predicted molar refractivity (Wildman–Crippen MR) is 78.5 cm³/mol. The molecule has 0 heterocycles. The number of nitrogens with zero attached hydrogens (tertiary/aromatic N) is 1. The van der Waals surface area contributed by atoms with Gasteiger partial charge in [-0.25, -0.2) is 8.42 Å². The fraction of sp³-hybridized carbons (Fsp3) is 0.500. The van der Waals surface area contributed by atoms with Gasteiger partial charge in [0.15, 0.2) is 0 Å². The zero-order valence-corrected chi connectivity index (χ0v) is 13.6. The summed E-state index contributed by atoms with van der Waals surface area (Å²) in [7, 11) is 1.59. The molecule has 0 atom stereocenters. The molecule has 0 N–H and O–H groups in total. The second-order valence-corrected chi connectivity index (χ2v) is 7.98. The summed E-state index contributed by atoms with van der Waals surface area (Å²) >= 11 is 0. The van der Waals surface area contributed by atoms with Gasteiger partial charge < -0.3 is 4.74 Å². The van der Waals surface area contributed by atoms with Crippen LogP contribution >= 0.6 is 10.7 Å². The van der Waals surface area contributed by atoms with Gasteiger partial charge in [0, 0.05) is 10.7 Å². The van der Waals surface area contributed by atoms with E-state index in [1.165, 1.54) is 12.1 Å². The highest BCUT2D eigenvalue weighted by molar-refractivity contribution is 8.13. The predicted octanol–water partition coefficient (Wildman–Crippen LogP) is 3.55. The Hall–Kier alpha value is -1.25. The number of hydrogen-bond acceptors (Lipinski definition) is 4. The van der Waals surface area contributed by atoms with Crippen LogP contribution in [0.4, 0.5) is 0 Å². The molecular formula is C14H18ClNO3S. The molecule has 0 aromatic heterocycles. The highest BCUT2D eigenvalue weighted by Crippen LogP contribution is 2.29. The lowest BCUT2D eigenvalue weighted by molar-refractivity contribution is 0.261. The first-order valence-corrected chi connectivity index (χ1v) is 8.48. The van der Waals surface area contributed by atoms with Crippen molar-refractivity contribution in [2.75, 3.05) is 6.61 Å². The van der Waals surface area contributed by atoms with Crippen molar-refractivity contribution >= 4 is 19.7 Å². The van der Waals surface area contributed by atoms with Crippen molar-refractivity contribution in [2.45, 2.75) is 39.0 Å². The third-order valence-electron chi connectivity index (χ3n) is 2.99. The minimum absolute atomic E-state index is 0.0684. The SMILES string of the molecule is Cc1cc(S(=O)(=O)Cl)cc(C)c1OCCC(C)(C)C#N. The molecule has 0 aliphatic rings. The van der Waals surface area contributed by atoms with Gasteiger partial charge in [0.25, 0.3) is 9.05 Å². The topological polar surface area (TPSA) is 67.2 Å². The molecule has 0 amide bonds. The molecular weight excluding hydrogens is 298 g/mol. The number of aryl methyl sites for hydroxylation is 2. The maximum absolute atomic E-state index is 11.3. The highest BCUT2D eigenvalue weighted by Gasteiger charge is 2.18. The first kappa shape index (κ1) is 16.8. The average Bonchev–Trinajstić information content (AvgIpc) is 2.31. The van der Waals surface area contributed by atoms with Crippen LogP contribution in [-0.4, -0.2) is 15.0 Å². The van der Waals surface area contributed by atoms with E-state index in [0.717, 1.165) is 0 Å². The van der Waals surface area contributed by atoms with E-state index in [1.54, 1.807) is 13.8 Å². The minimum atomic E-state index is -3.74. The Morgan fingerprint density at radius 2 is 1.80 bits per heavy atom. The van der Waals surface area contributed by atoms with E-state index in [9.17, 15) is 8.42 Å². The minimum Gasteiger partial charge on any atom is -0.493 e. The molecule has 0 aliphatic heterocycles. The summed E-state index contributed by atoms with van der Waals surface area (Å²) < 4.78 is 28.3. The molecule has 20 heavy (non-hydrogen) atoms. The average molecular weight is 316 g/mol. The molecule has 0 aliphatic carbocycles. The Bertz CT molecular complexity index is 622. The molecule has 1 rings (SSSR count). The van der Waals surface area contributed by atoms with Crippen LogP contribution in [0.25, 0.3) is 0 Å². The molecule has 4 nitrogen and oxygen atoms in total. The summed E-state index contributed by atoms with van der Waals surface area (Å²) in [4.78, 5) is 0.0684. The van der Waals surface area contributed by atoms with Crippen molar-refractivity contribution < 1.29 is 13.2 Å². The Morgan fingerprint density at radius 3 is 2.20 bits per heavy atom. The van der Waals surface area contributed by atoms with Crippen LogP contribution in [0.1, 0.15) is 31.4 Å². The molecule has 110 valence electrons. The molecule has 0 saturated carbocycles. The molecule has 0 spiro atoms. The summed E-state index contributed by atoms with van der Waals surface area (Å²) in [6, 6.07) is 5.18. The Morgan fingerprint density at radius 1 is 1.30 bits per heavy atom. The number of nitriles is 1. The van der Waals surface area contributed by atoms with Crippen molar-refractivity contribution in [2.24, 2.45) is 5.41 Å². The molecule has 6 heteroatoms. The van der Waals surface area contributed by atoms with Gasteiger partial charge in [-0.3, -0.25) is 0 Å². The van der Waals surface area contributed by atoms with E-state index >= 15 is 0 Å². The monoisotopic (exact) mass is 315 g/mol.